The summed E-state index contributed by atoms with van der Waals surface area (Å²) >= 11 is 0. The Morgan fingerprint density at radius 3 is 2.29 bits per heavy atom. The molecule has 3 aliphatic carbocycles. The highest BCUT2D eigenvalue weighted by atomic mass is 16.3. The second-order valence-corrected chi connectivity index (χ2v) is 11.8. The summed E-state index contributed by atoms with van der Waals surface area (Å²) in [6.07, 6.45) is 0.213. The number of Topliss-reactive ketones (excluding diaryl/α,β-unsaturated/α-hetero) is 4. The number of ketones is 4. The monoisotopic (exact) mass is 570 g/mol. The molecule has 42 heavy (non-hydrogen) atoms. The minimum Gasteiger partial charge on any atom is -0.507 e. The molecule has 6 rings (SSSR count). The molecule has 1 amide bonds. The van der Waals surface area contributed by atoms with Crippen LogP contribution in [0.4, 0.5) is 0 Å². The van der Waals surface area contributed by atoms with Gasteiger partial charge in [0.2, 0.25) is 5.91 Å². The van der Waals surface area contributed by atoms with Crippen molar-refractivity contribution in [3.8, 4) is 16.9 Å². The van der Waals surface area contributed by atoms with Gasteiger partial charge in [-0.2, -0.15) is 0 Å². The van der Waals surface area contributed by atoms with Gasteiger partial charge in [-0.1, -0.05) is 42.5 Å². The number of phenols is 1. The first-order valence-electron chi connectivity index (χ1n) is 13.7. The minimum absolute atomic E-state index is 0.00542. The van der Waals surface area contributed by atoms with E-state index in [0.717, 1.165) is 16.7 Å². The average Bonchev–Trinajstić information content (AvgIpc) is 2.94. The van der Waals surface area contributed by atoms with E-state index in [1.807, 2.05) is 24.3 Å². The summed E-state index contributed by atoms with van der Waals surface area (Å²) in [6.45, 7) is -0.0926. The number of carbonyl (C=O) groups excluding carboxylic acids is 5. The summed E-state index contributed by atoms with van der Waals surface area (Å²) in [5, 5.41) is 33.5. The molecule has 10 nitrogen and oxygen atoms in total. The molecule has 0 radical (unpaired) electrons. The number of aliphatic hydroxyl groups is 2. The van der Waals surface area contributed by atoms with Gasteiger partial charge in [-0.25, -0.2) is 0 Å². The van der Waals surface area contributed by atoms with Crippen LogP contribution < -0.4 is 5.73 Å². The zero-order chi connectivity index (χ0) is 30.2. The number of rotatable bonds is 4. The van der Waals surface area contributed by atoms with E-state index in [1.165, 1.54) is 4.90 Å². The summed E-state index contributed by atoms with van der Waals surface area (Å²) in [6, 6.07) is 13.3. The van der Waals surface area contributed by atoms with Gasteiger partial charge in [0.1, 0.15) is 5.75 Å². The zero-order valence-corrected chi connectivity index (χ0v) is 23.0. The van der Waals surface area contributed by atoms with Crippen LogP contribution in [-0.4, -0.2) is 75.0 Å². The number of hydrogen-bond donors (Lipinski definition) is 4. The van der Waals surface area contributed by atoms with Crippen molar-refractivity contribution < 1.29 is 39.3 Å². The van der Waals surface area contributed by atoms with E-state index in [9.17, 15) is 39.3 Å². The Balaban J connectivity index is 1.45. The van der Waals surface area contributed by atoms with Gasteiger partial charge in [0.15, 0.2) is 34.7 Å². The number of likely N-dealkylation sites (N-methyl/N-ethyl adjacent to an activating group) is 1. The Kier molecular flexibility index (Phi) is 6.41. The van der Waals surface area contributed by atoms with E-state index in [4.69, 9.17) is 5.73 Å². The summed E-state index contributed by atoms with van der Waals surface area (Å²) in [5.74, 6) is -10.6. The standard InChI is InChI=1S/C32H30N2O8/c1-34(2)25-21-12-19-10-18-9-17-8-7-16(15-5-3-14(13-35)4-6-15)11-20(17)26(36)22(18)27(37)23(19)29(39)32(21,42)30(40)24(28(25)38)31(33)41/h3-9,11,19,21,23-25,35-36,42H,10,12-13H2,1-2H3,(H2,33,41)/t19-,21-,23?,24?,25-,32-/m0/s1. The SMILES string of the molecule is CN(C)[C@@H]1C(=O)C(C(N)=O)C(=O)[C@@]2(O)C(=O)C3C(=O)c4c(cc5ccc(-c6ccc(CO)cc6)cc5c4O)C[C@H]3C[C@@H]12. The highest BCUT2D eigenvalue weighted by Crippen LogP contribution is 2.51. The normalized spacial score (nSPS) is 28.9. The molecule has 0 aromatic heterocycles. The fourth-order valence-corrected chi connectivity index (χ4v) is 7.35. The maximum atomic E-state index is 14.0. The fourth-order valence-electron chi connectivity index (χ4n) is 7.35. The molecule has 0 saturated heterocycles. The van der Waals surface area contributed by atoms with Gasteiger partial charge in [0, 0.05) is 11.3 Å². The first-order valence-corrected chi connectivity index (χ1v) is 13.7. The average molecular weight is 571 g/mol. The van der Waals surface area contributed by atoms with Crippen molar-refractivity contribution in [2.24, 2.45) is 29.4 Å². The Hall–Kier alpha value is -4.25. The van der Waals surface area contributed by atoms with Crippen molar-refractivity contribution in [3.05, 3.63) is 65.2 Å². The van der Waals surface area contributed by atoms with Crippen LogP contribution in [0.1, 0.15) is 27.9 Å². The molecule has 0 aliphatic heterocycles. The summed E-state index contributed by atoms with van der Waals surface area (Å²) in [5.41, 5.74) is 5.45. The number of benzene rings is 3. The van der Waals surface area contributed by atoms with Crippen LogP contribution in [0.15, 0.2) is 48.5 Å². The van der Waals surface area contributed by atoms with Crippen LogP contribution in [0, 0.1) is 23.7 Å². The third-order valence-corrected chi connectivity index (χ3v) is 9.34. The van der Waals surface area contributed by atoms with Gasteiger partial charge in [0.25, 0.3) is 0 Å². The van der Waals surface area contributed by atoms with Crippen molar-refractivity contribution in [1.82, 2.24) is 4.90 Å². The van der Waals surface area contributed by atoms with Gasteiger partial charge in [0.05, 0.1) is 24.1 Å². The molecule has 5 N–H and O–H groups in total. The predicted molar refractivity (Wildman–Crippen MR) is 150 cm³/mol. The lowest BCUT2D eigenvalue weighted by molar-refractivity contribution is -0.181. The molecule has 0 spiro atoms. The lowest BCUT2D eigenvalue weighted by Crippen LogP contribution is -2.74. The van der Waals surface area contributed by atoms with Crippen LogP contribution in [-0.2, 0) is 32.2 Å². The second-order valence-electron chi connectivity index (χ2n) is 11.8. The highest BCUT2D eigenvalue weighted by molar-refractivity contribution is 6.32. The molecule has 10 heteroatoms. The third kappa shape index (κ3) is 3.79. The molecule has 0 bridgehead atoms. The molecular weight excluding hydrogens is 540 g/mol. The van der Waals surface area contributed by atoms with Crippen LogP contribution in [0.3, 0.4) is 0 Å². The topological polar surface area (TPSA) is 175 Å². The maximum Gasteiger partial charge on any atom is 0.235 e. The van der Waals surface area contributed by atoms with E-state index in [0.29, 0.717) is 16.3 Å². The first kappa shape index (κ1) is 27.9. The van der Waals surface area contributed by atoms with Gasteiger partial charge >= 0.3 is 0 Å². The first-order chi connectivity index (χ1) is 19.9. The maximum absolute atomic E-state index is 14.0. The molecule has 3 aliphatic rings. The van der Waals surface area contributed by atoms with Crippen LogP contribution >= 0.6 is 0 Å². The number of nitrogens with two attached hydrogens (primary N) is 1. The van der Waals surface area contributed by atoms with Gasteiger partial charge in [-0.3, -0.25) is 28.9 Å². The Morgan fingerprint density at radius 2 is 1.67 bits per heavy atom. The van der Waals surface area contributed by atoms with E-state index in [-0.39, 0.29) is 30.8 Å². The lowest BCUT2D eigenvalue weighted by atomic mass is 9.52. The highest BCUT2D eigenvalue weighted by Gasteiger charge is 2.69. The number of nitrogens with zero attached hydrogens (tertiary/aromatic N) is 1. The largest absolute Gasteiger partial charge is 0.507 e. The number of aliphatic hydroxyl groups excluding tert-OH is 1. The zero-order valence-electron chi connectivity index (χ0n) is 23.0. The van der Waals surface area contributed by atoms with Crippen LogP contribution in [0.25, 0.3) is 21.9 Å². The summed E-state index contributed by atoms with van der Waals surface area (Å²) < 4.78 is 0. The lowest BCUT2D eigenvalue weighted by Gasteiger charge is -2.52. The predicted octanol–water partition coefficient (Wildman–Crippen LogP) is 1.18. The molecule has 2 saturated carbocycles. The Morgan fingerprint density at radius 1 is 1.00 bits per heavy atom. The number of aromatic hydroxyl groups is 1. The molecule has 6 atom stereocenters. The van der Waals surface area contributed by atoms with Gasteiger partial charge in [-0.05, 0) is 66.6 Å². The van der Waals surface area contributed by atoms with E-state index in [1.54, 1.807) is 38.4 Å². The molecular formula is C32H30N2O8. The Labute approximate surface area is 240 Å². The molecule has 216 valence electrons. The van der Waals surface area contributed by atoms with Crippen molar-refractivity contribution in [1.29, 1.82) is 0 Å². The smallest absolute Gasteiger partial charge is 0.235 e. The molecule has 2 unspecified atom stereocenters. The Bertz CT molecular complexity index is 1710. The van der Waals surface area contributed by atoms with Gasteiger partial charge < -0.3 is 21.1 Å². The number of carbonyl (C=O) groups is 5. The van der Waals surface area contributed by atoms with Crippen molar-refractivity contribution in [3.63, 3.8) is 0 Å². The summed E-state index contributed by atoms with van der Waals surface area (Å²) in [7, 11) is 3.10. The van der Waals surface area contributed by atoms with E-state index < -0.39 is 64.4 Å². The molecule has 0 heterocycles. The number of phenolic OH excluding ortho intramolecular Hbond substituents is 1. The van der Waals surface area contributed by atoms with Crippen molar-refractivity contribution in [2.75, 3.05) is 14.1 Å². The fraction of sp³-hybridized carbons (Fsp3) is 0.344. The number of amides is 1. The number of primary amides is 1. The minimum atomic E-state index is -2.75. The quantitative estimate of drug-likeness (QED) is 0.336. The number of fused-ring (bicyclic) bond motifs is 4. The third-order valence-electron chi connectivity index (χ3n) is 9.34. The number of hydrogen-bond acceptors (Lipinski definition) is 9. The van der Waals surface area contributed by atoms with Crippen LogP contribution in [0.5, 0.6) is 5.75 Å². The van der Waals surface area contributed by atoms with E-state index in [2.05, 4.69) is 0 Å². The van der Waals surface area contributed by atoms with Crippen molar-refractivity contribution in [2.45, 2.75) is 31.1 Å². The second kappa shape index (κ2) is 9.65. The van der Waals surface area contributed by atoms with Crippen LogP contribution in [0.2, 0.25) is 0 Å². The molecule has 3 aromatic carbocycles. The summed E-state index contributed by atoms with van der Waals surface area (Å²) in [4.78, 5) is 68.2. The molecule has 3 aromatic rings. The molecule has 2 fully saturated rings. The van der Waals surface area contributed by atoms with E-state index >= 15 is 0 Å². The van der Waals surface area contributed by atoms with Gasteiger partial charge in [-0.15, -0.1) is 0 Å². The van der Waals surface area contributed by atoms with Crippen molar-refractivity contribution >= 4 is 39.8 Å².